The van der Waals surface area contributed by atoms with Gasteiger partial charge < -0.3 is 5.32 Å². The van der Waals surface area contributed by atoms with Crippen molar-refractivity contribution in [2.24, 2.45) is 5.41 Å². The Labute approximate surface area is 83.7 Å². The first kappa shape index (κ1) is 10.3. The van der Waals surface area contributed by atoms with Crippen LogP contribution in [0.25, 0.3) is 0 Å². The lowest BCUT2D eigenvalue weighted by atomic mass is 9.92. The Bertz CT molecular complexity index is 175. The Morgan fingerprint density at radius 3 is 2.75 bits per heavy atom. The molecule has 0 aromatic rings. The fraction of sp³-hybridized carbons (Fsp3) is 0.800. The Hall–Kier alpha value is 0.180. The SMILES string of the molecule is C=C(Br)CNC1CCC(C)(C)C1. The van der Waals surface area contributed by atoms with Gasteiger partial charge in [-0.25, -0.2) is 0 Å². The van der Waals surface area contributed by atoms with Crippen molar-refractivity contribution in [1.82, 2.24) is 5.32 Å². The van der Waals surface area contributed by atoms with Crippen molar-refractivity contribution >= 4 is 15.9 Å². The van der Waals surface area contributed by atoms with Gasteiger partial charge in [-0.3, -0.25) is 0 Å². The summed E-state index contributed by atoms with van der Waals surface area (Å²) in [4.78, 5) is 0. The van der Waals surface area contributed by atoms with Gasteiger partial charge in [0.1, 0.15) is 0 Å². The normalized spacial score (nSPS) is 27.4. The molecule has 1 fully saturated rings. The molecular weight excluding hydrogens is 214 g/mol. The van der Waals surface area contributed by atoms with Crippen molar-refractivity contribution in [1.29, 1.82) is 0 Å². The summed E-state index contributed by atoms with van der Waals surface area (Å²) >= 11 is 3.35. The second-order valence-electron chi connectivity index (χ2n) is 4.50. The van der Waals surface area contributed by atoms with Gasteiger partial charge in [-0.05, 0) is 24.7 Å². The zero-order valence-corrected chi connectivity index (χ0v) is 9.58. The zero-order chi connectivity index (χ0) is 9.19. The Morgan fingerprint density at radius 1 is 1.67 bits per heavy atom. The molecule has 1 nitrogen and oxygen atoms in total. The van der Waals surface area contributed by atoms with Crippen molar-refractivity contribution in [3.8, 4) is 0 Å². The maximum absolute atomic E-state index is 3.81. The molecule has 12 heavy (non-hydrogen) atoms. The molecule has 0 radical (unpaired) electrons. The first-order chi connectivity index (χ1) is 5.49. The largest absolute Gasteiger partial charge is 0.309 e. The summed E-state index contributed by atoms with van der Waals surface area (Å²) in [6.07, 6.45) is 3.96. The average molecular weight is 232 g/mol. The van der Waals surface area contributed by atoms with Crippen molar-refractivity contribution in [2.75, 3.05) is 6.54 Å². The molecule has 70 valence electrons. The number of hydrogen-bond donors (Lipinski definition) is 1. The van der Waals surface area contributed by atoms with Gasteiger partial charge in [-0.2, -0.15) is 0 Å². The number of hydrogen-bond acceptors (Lipinski definition) is 1. The standard InChI is InChI=1S/C10H18BrN/c1-8(11)7-12-9-4-5-10(2,3)6-9/h9,12H,1,4-7H2,2-3H3. The van der Waals surface area contributed by atoms with Crippen molar-refractivity contribution in [3.63, 3.8) is 0 Å². The third kappa shape index (κ3) is 3.28. The summed E-state index contributed by atoms with van der Waals surface area (Å²) < 4.78 is 1.05. The van der Waals surface area contributed by atoms with Gasteiger partial charge in [0.2, 0.25) is 0 Å². The van der Waals surface area contributed by atoms with Gasteiger partial charge in [0, 0.05) is 17.1 Å². The lowest BCUT2D eigenvalue weighted by molar-refractivity contribution is 0.367. The summed E-state index contributed by atoms with van der Waals surface area (Å²) in [5, 5.41) is 3.49. The third-order valence-corrected chi connectivity index (χ3v) is 2.83. The lowest BCUT2D eigenvalue weighted by Gasteiger charge is -2.17. The van der Waals surface area contributed by atoms with Crippen LogP contribution in [-0.4, -0.2) is 12.6 Å². The minimum absolute atomic E-state index is 0.547. The maximum Gasteiger partial charge on any atom is 0.0268 e. The highest BCUT2D eigenvalue weighted by atomic mass is 79.9. The van der Waals surface area contributed by atoms with Crippen LogP contribution in [0.2, 0.25) is 0 Å². The Kier molecular flexibility index (Phi) is 3.36. The Balaban J connectivity index is 2.24. The monoisotopic (exact) mass is 231 g/mol. The van der Waals surface area contributed by atoms with E-state index in [2.05, 4.69) is 41.7 Å². The van der Waals surface area contributed by atoms with Crippen LogP contribution >= 0.6 is 15.9 Å². The van der Waals surface area contributed by atoms with Crippen molar-refractivity contribution in [3.05, 3.63) is 11.1 Å². The van der Waals surface area contributed by atoms with Crippen LogP contribution in [0, 0.1) is 5.41 Å². The summed E-state index contributed by atoms with van der Waals surface area (Å²) in [6, 6.07) is 0.703. The van der Waals surface area contributed by atoms with Crippen molar-refractivity contribution < 1.29 is 0 Å². The van der Waals surface area contributed by atoms with E-state index in [1.165, 1.54) is 19.3 Å². The van der Waals surface area contributed by atoms with Crippen LogP contribution in [-0.2, 0) is 0 Å². The third-order valence-electron chi connectivity index (χ3n) is 2.55. The maximum atomic E-state index is 3.81. The van der Waals surface area contributed by atoms with E-state index in [1.807, 2.05) is 0 Å². The van der Waals surface area contributed by atoms with E-state index in [9.17, 15) is 0 Å². The zero-order valence-electron chi connectivity index (χ0n) is 7.99. The quantitative estimate of drug-likeness (QED) is 0.788. The predicted molar refractivity (Wildman–Crippen MR) is 57.5 cm³/mol. The highest BCUT2D eigenvalue weighted by Crippen LogP contribution is 2.36. The van der Waals surface area contributed by atoms with E-state index in [-0.39, 0.29) is 0 Å². The molecule has 0 aromatic carbocycles. The van der Waals surface area contributed by atoms with Gasteiger partial charge >= 0.3 is 0 Å². The van der Waals surface area contributed by atoms with Gasteiger partial charge in [0.25, 0.3) is 0 Å². The molecule has 1 unspecified atom stereocenters. The molecule has 1 N–H and O–H groups in total. The fourth-order valence-electron chi connectivity index (χ4n) is 1.87. The molecule has 0 bridgehead atoms. The van der Waals surface area contributed by atoms with Crippen molar-refractivity contribution in [2.45, 2.75) is 39.2 Å². The van der Waals surface area contributed by atoms with Crippen LogP contribution in [0.15, 0.2) is 11.1 Å². The van der Waals surface area contributed by atoms with Gasteiger partial charge in [0.05, 0.1) is 0 Å². The average Bonchev–Trinajstić information content (AvgIpc) is 2.26. The number of halogens is 1. The van der Waals surface area contributed by atoms with Crippen LogP contribution in [0.3, 0.4) is 0 Å². The van der Waals surface area contributed by atoms with Crippen LogP contribution in [0.5, 0.6) is 0 Å². The molecule has 1 aliphatic carbocycles. The molecule has 1 saturated carbocycles. The fourth-order valence-corrected chi connectivity index (χ4v) is 2.03. The summed E-state index contributed by atoms with van der Waals surface area (Å²) in [6.45, 7) is 9.40. The van der Waals surface area contributed by atoms with Gasteiger partial charge in [-0.15, -0.1) is 0 Å². The van der Waals surface area contributed by atoms with E-state index < -0.39 is 0 Å². The molecule has 0 aromatic heterocycles. The van der Waals surface area contributed by atoms with E-state index >= 15 is 0 Å². The van der Waals surface area contributed by atoms with E-state index in [1.54, 1.807) is 0 Å². The molecule has 2 heteroatoms. The number of nitrogens with one attached hydrogen (secondary N) is 1. The molecule has 0 saturated heterocycles. The summed E-state index contributed by atoms with van der Waals surface area (Å²) in [7, 11) is 0. The summed E-state index contributed by atoms with van der Waals surface area (Å²) in [5.74, 6) is 0. The first-order valence-electron chi connectivity index (χ1n) is 4.56. The van der Waals surface area contributed by atoms with Crippen LogP contribution < -0.4 is 5.32 Å². The summed E-state index contributed by atoms with van der Waals surface area (Å²) in [5.41, 5.74) is 0.547. The van der Waals surface area contributed by atoms with Gasteiger partial charge in [0.15, 0.2) is 0 Å². The molecule has 1 rings (SSSR count). The second kappa shape index (κ2) is 3.93. The molecule has 0 aliphatic heterocycles. The van der Waals surface area contributed by atoms with E-state index in [0.717, 1.165) is 11.0 Å². The first-order valence-corrected chi connectivity index (χ1v) is 5.35. The molecule has 1 aliphatic rings. The predicted octanol–water partition coefficient (Wildman–Crippen LogP) is 3.06. The topological polar surface area (TPSA) is 12.0 Å². The van der Waals surface area contributed by atoms with Gasteiger partial charge in [-0.1, -0.05) is 36.4 Å². The smallest absolute Gasteiger partial charge is 0.0268 e. The Morgan fingerprint density at radius 2 is 2.33 bits per heavy atom. The van der Waals surface area contributed by atoms with E-state index in [4.69, 9.17) is 0 Å². The van der Waals surface area contributed by atoms with Crippen LogP contribution in [0.4, 0.5) is 0 Å². The molecule has 1 atom stereocenters. The van der Waals surface area contributed by atoms with E-state index in [0.29, 0.717) is 11.5 Å². The lowest BCUT2D eigenvalue weighted by Crippen LogP contribution is -2.28. The molecule has 0 heterocycles. The molecule has 0 amide bonds. The molecular formula is C10H18BrN. The van der Waals surface area contributed by atoms with Crippen LogP contribution in [0.1, 0.15) is 33.1 Å². The highest BCUT2D eigenvalue weighted by molar-refractivity contribution is 9.11. The second-order valence-corrected chi connectivity index (χ2v) is 5.62. The minimum Gasteiger partial charge on any atom is -0.309 e. The minimum atomic E-state index is 0.547. The number of rotatable bonds is 3. The highest BCUT2D eigenvalue weighted by Gasteiger charge is 2.30. The molecule has 0 spiro atoms.